The molecule has 4 heteroatoms. The van der Waals surface area contributed by atoms with E-state index in [9.17, 15) is 4.79 Å². The normalized spacial score (nSPS) is 14.6. The van der Waals surface area contributed by atoms with E-state index in [2.05, 4.69) is 20.8 Å². The molecule has 1 saturated carbocycles. The van der Waals surface area contributed by atoms with E-state index < -0.39 is 0 Å². The molecule has 0 aliphatic heterocycles. The van der Waals surface area contributed by atoms with Crippen molar-refractivity contribution in [2.45, 2.75) is 31.8 Å². The second-order valence-electron chi connectivity index (χ2n) is 5.46. The average molecular weight is 348 g/mol. The van der Waals surface area contributed by atoms with Crippen LogP contribution in [0.3, 0.4) is 0 Å². The maximum atomic E-state index is 12.2. The predicted molar refractivity (Wildman–Crippen MR) is 85.2 cm³/mol. The van der Waals surface area contributed by atoms with Crippen molar-refractivity contribution in [3.63, 3.8) is 0 Å². The molecule has 110 valence electrons. The summed E-state index contributed by atoms with van der Waals surface area (Å²) < 4.78 is 6.41. The van der Waals surface area contributed by atoms with Crippen LogP contribution in [0.15, 0.2) is 51.6 Å². The molecule has 0 saturated heterocycles. The number of carbonyl (C=O) groups is 1. The van der Waals surface area contributed by atoms with Gasteiger partial charge in [0.2, 0.25) is 0 Å². The molecule has 0 radical (unpaired) electrons. The summed E-state index contributed by atoms with van der Waals surface area (Å²) in [6.45, 7) is 1.59. The second-order valence-corrected chi connectivity index (χ2v) is 6.38. The van der Waals surface area contributed by atoms with E-state index in [1.165, 1.54) is 12.8 Å². The Hall–Kier alpha value is -1.39. The molecule has 1 heterocycles. The van der Waals surface area contributed by atoms with Crippen molar-refractivity contribution in [1.82, 2.24) is 4.90 Å². The van der Waals surface area contributed by atoms with E-state index >= 15 is 0 Å². The van der Waals surface area contributed by atoms with Gasteiger partial charge < -0.3 is 4.42 Å². The van der Waals surface area contributed by atoms with Gasteiger partial charge in [-0.2, -0.15) is 0 Å². The van der Waals surface area contributed by atoms with Gasteiger partial charge in [-0.3, -0.25) is 9.69 Å². The Morgan fingerprint density at radius 3 is 2.62 bits per heavy atom. The Morgan fingerprint density at radius 1 is 1.24 bits per heavy atom. The van der Waals surface area contributed by atoms with Crippen LogP contribution in [-0.4, -0.2) is 23.3 Å². The summed E-state index contributed by atoms with van der Waals surface area (Å²) in [6, 6.07) is 12.1. The summed E-state index contributed by atoms with van der Waals surface area (Å²) in [4.78, 5) is 14.6. The Morgan fingerprint density at radius 2 is 2.00 bits per heavy atom. The summed E-state index contributed by atoms with van der Waals surface area (Å²) in [6.07, 6.45) is 4.71. The molecule has 3 rings (SSSR count). The number of hydrogen-bond donors (Lipinski definition) is 0. The summed E-state index contributed by atoms with van der Waals surface area (Å²) in [5.74, 6) is 1.17. The lowest BCUT2D eigenvalue weighted by atomic mass is 10.1. The van der Waals surface area contributed by atoms with Gasteiger partial charge in [-0.1, -0.05) is 28.1 Å². The van der Waals surface area contributed by atoms with Gasteiger partial charge in [0, 0.05) is 29.0 Å². The summed E-state index contributed by atoms with van der Waals surface area (Å²) >= 11 is 3.39. The fourth-order valence-electron chi connectivity index (χ4n) is 2.46. The monoisotopic (exact) mass is 347 g/mol. The number of nitrogens with zero attached hydrogens (tertiary/aromatic N) is 1. The van der Waals surface area contributed by atoms with Crippen LogP contribution in [-0.2, 0) is 6.54 Å². The third kappa shape index (κ3) is 4.05. The van der Waals surface area contributed by atoms with E-state index in [-0.39, 0.29) is 5.78 Å². The van der Waals surface area contributed by atoms with Gasteiger partial charge >= 0.3 is 0 Å². The van der Waals surface area contributed by atoms with Crippen molar-refractivity contribution in [3.8, 4) is 0 Å². The van der Waals surface area contributed by atoms with Crippen LogP contribution >= 0.6 is 15.9 Å². The summed E-state index contributed by atoms with van der Waals surface area (Å²) in [5, 5.41) is 0. The van der Waals surface area contributed by atoms with Crippen molar-refractivity contribution >= 4 is 21.7 Å². The van der Waals surface area contributed by atoms with E-state index in [1.54, 1.807) is 6.26 Å². The lowest BCUT2D eigenvalue weighted by Crippen LogP contribution is -2.28. The van der Waals surface area contributed by atoms with Crippen LogP contribution in [0.4, 0.5) is 0 Å². The molecule has 0 spiro atoms. The van der Waals surface area contributed by atoms with Gasteiger partial charge in [-0.25, -0.2) is 0 Å². The number of hydrogen-bond acceptors (Lipinski definition) is 3. The number of halogens is 1. The molecule has 2 aromatic rings. The Kier molecular flexibility index (Phi) is 4.56. The highest BCUT2D eigenvalue weighted by Crippen LogP contribution is 2.28. The van der Waals surface area contributed by atoms with Gasteiger partial charge in [0.05, 0.1) is 12.8 Å². The van der Waals surface area contributed by atoms with Crippen molar-refractivity contribution in [2.75, 3.05) is 6.54 Å². The highest BCUT2D eigenvalue weighted by molar-refractivity contribution is 9.10. The maximum absolute atomic E-state index is 12.2. The third-order valence-corrected chi connectivity index (χ3v) is 4.32. The molecular weight excluding hydrogens is 330 g/mol. The number of Topliss-reactive ketones (excluding diaryl/α,β-unsaturated/α-hetero) is 1. The molecule has 0 N–H and O–H groups in total. The molecule has 1 aliphatic carbocycles. The first-order valence-corrected chi connectivity index (χ1v) is 8.07. The highest BCUT2D eigenvalue weighted by atomic mass is 79.9. The molecule has 0 atom stereocenters. The maximum Gasteiger partial charge on any atom is 0.164 e. The zero-order valence-electron chi connectivity index (χ0n) is 11.8. The van der Waals surface area contributed by atoms with Crippen LogP contribution in [0, 0.1) is 0 Å². The predicted octanol–water partition coefficient (Wildman–Crippen LogP) is 4.28. The van der Waals surface area contributed by atoms with Gasteiger partial charge in [-0.15, -0.1) is 0 Å². The quantitative estimate of drug-likeness (QED) is 0.701. The van der Waals surface area contributed by atoms with Gasteiger partial charge in [-0.05, 0) is 37.1 Å². The summed E-state index contributed by atoms with van der Waals surface area (Å²) in [7, 11) is 0. The number of benzene rings is 1. The lowest BCUT2D eigenvalue weighted by Gasteiger charge is -2.20. The molecule has 21 heavy (non-hydrogen) atoms. The van der Waals surface area contributed by atoms with Crippen LogP contribution in [0.1, 0.15) is 35.4 Å². The topological polar surface area (TPSA) is 33.5 Å². The van der Waals surface area contributed by atoms with E-state index in [4.69, 9.17) is 4.42 Å². The third-order valence-electron chi connectivity index (χ3n) is 3.79. The fourth-order valence-corrected chi connectivity index (χ4v) is 2.72. The van der Waals surface area contributed by atoms with Crippen molar-refractivity contribution < 1.29 is 9.21 Å². The zero-order valence-corrected chi connectivity index (χ0v) is 13.4. The molecule has 1 fully saturated rings. The fraction of sp³-hybridized carbons (Fsp3) is 0.353. The second kappa shape index (κ2) is 6.58. The molecule has 1 aliphatic rings. The minimum absolute atomic E-state index is 0.201. The Labute approximate surface area is 133 Å². The number of rotatable bonds is 7. The van der Waals surface area contributed by atoms with Crippen LogP contribution in [0.25, 0.3) is 0 Å². The van der Waals surface area contributed by atoms with Gasteiger partial charge in [0.15, 0.2) is 5.78 Å². The Balaban J connectivity index is 1.56. The van der Waals surface area contributed by atoms with Crippen LogP contribution < -0.4 is 0 Å². The average Bonchev–Trinajstić information content (AvgIpc) is 3.21. The van der Waals surface area contributed by atoms with Crippen LogP contribution in [0.5, 0.6) is 0 Å². The molecule has 0 unspecified atom stereocenters. The van der Waals surface area contributed by atoms with E-state index in [1.807, 2.05) is 36.4 Å². The molecule has 0 amide bonds. The first kappa shape index (κ1) is 14.5. The molecule has 1 aromatic carbocycles. The first-order chi connectivity index (χ1) is 10.2. The largest absolute Gasteiger partial charge is 0.468 e. The molecule has 0 bridgehead atoms. The smallest absolute Gasteiger partial charge is 0.164 e. The van der Waals surface area contributed by atoms with E-state index in [0.717, 1.165) is 28.9 Å². The Bertz CT molecular complexity index is 588. The minimum atomic E-state index is 0.201. The molecular formula is C17H18BrNO2. The number of furan rings is 1. The number of ketones is 1. The van der Waals surface area contributed by atoms with Gasteiger partial charge in [0.1, 0.15) is 5.76 Å². The highest BCUT2D eigenvalue weighted by Gasteiger charge is 2.29. The van der Waals surface area contributed by atoms with Gasteiger partial charge in [0.25, 0.3) is 0 Å². The van der Waals surface area contributed by atoms with Crippen LogP contribution in [0.2, 0.25) is 0 Å². The standard InChI is InChI=1S/C17H18BrNO2/c18-14-5-3-13(4-6-14)17(20)9-10-19(15-7-8-15)12-16-2-1-11-21-16/h1-6,11,15H,7-10,12H2. The molecule has 1 aromatic heterocycles. The zero-order chi connectivity index (χ0) is 14.7. The SMILES string of the molecule is O=C(CCN(Cc1ccco1)C1CC1)c1ccc(Br)cc1. The number of carbonyl (C=O) groups excluding carboxylic acids is 1. The van der Waals surface area contributed by atoms with E-state index in [0.29, 0.717) is 12.5 Å². The van der Waals surface area contributed by atoms with Crippen molar-refractivity contribution in [1.29, 1.82) is 0 Å². The first-order valence-electron chi connectivity index (χ1n) is 7.27. The summed E-state index contributed by atoms with van der Waals surface area (Å²) in [5.41, 5.74) is 0.784. The van der Waals surface area contributed by atoms with Crippen molar-refractivity contribution in [2.24, 2.45) is 0 Å². The molecule has 3 nitrogen and oxygen atoms in total. The minimum Gasteiger partial charge on any atom is -0.468 e. The van der Waals surface area contributed by atoms with Crippen molar-refractivity contribution in [3.05, 3.63) is 58.5 Å². The lowest BCUT2D eigenvalue weighted by molar-refractivity contribution is 0.0957.